The summed E-state index contributed by atoms with van der Waals surface area (Å²) in [5.41, 5.74) is 8.22. The van der Waals surface area contributed by atoms with Crippen molar-refractivity contribution in [2.45, 2.75) is 32.9 Å². The Hall–Kier alpha value is -0.580. The van der Waals surface area contributed by atoms with Gasteiger partial charge in [0, 0.05) is 30.2 Å². The van der Waals surface area contributed by atoms with Crippen LogP contribution < -0.4 is 10.6 Å². The normalized spacial score (nSPS) is 14.3. The SMILES string of the molecule is CCN(c1ccc([C@@H](C)N)cc1Br)C(C)COC. The number of hydrogen-bond acceptors (Lipinski definition) is 3. The zero-order valence-corrected chi connectivity index (χ0v) is 13.2. The number of ether oxygens (including phenoxy) is 1. The number of nitrogens with two attached hydrogens (primary N) is 1. The van der Waals surface area contributed by atoms with Gasteiger partial charge in [0.1, 0.15) is 0 Å². The molecular weight excluding hydrogens is 292 g/mol. The number of rotatable bonds is 6. The number of anilines is 1. The smallest absolute Gasteiger partial charge is 0.0663 e. The van der Waals surface area contributed by atoms with E-state index in [0.29, 0.717) is 6.04 Å². The Morgan fingerprint density at radius 3 is 2.50 bits per heavy atom. The molecule has 102 valence electrons. The third-order valence-corrected chi connectivity index (χ3v) is 3.72. The van der Waals surface area contributed by atoms with E-state index in [1.54, 1.807) is 7.11 Å². The first-order valence-electron chi connectivity index (χ1n) is 6.31. The molecule has 18 heavy (non-hydrogen) atoms. The second kappa shape index (κ2) is 7.12. The molecule has 0 saturated heterocycles. The summed E-state index contributed by atoms with van der Waals surface area (Å²) in [6, 6.07) is 6.72. The molecule has 3 nitrogen and oxygen atoms in total. The van der Waals surface area contributed by atoms with Gasteiger partial charge in [0.05, 0.1) is 12.3 Å². The molecule has 0 aliphatic heterocycles. The van der Waals surface area contributed by atoms with E-state index in [1.807, 2.05) is 6.92 Å². The molecule has 2 atom stereocenters. The Bertz CT molecular complexity index is 382. The van der Waals surface area contributed by atoms with Gasteiger partial charge in [-0.25, -0.2) is 0 Å². The van der Waals surface area contributed by atoms with Gasteiger partial charge in [0.25, 0.3) is 0 Å². The molecule has 0 aliphatic carbocycles. The minimum Gasteiger partial charge on any atom is -0.383 e. The van der Waals surface area contributed by atoms with Crippen LogP contribution in [-0.2, 0) is 4.74 Å². The third-order valence-electron chi connectivity index (χ3n) is 3.09. The zero-order chi connectivity index (χ0) is 13.7. The molecule has 0 radical (unpaired) electrons. The first-order valence-corrected chi connectivity index (χ1v) is 7.11. The topological polar surface area (TPSA) is 38.5 Å². The van der Waals surface area contributed by atoms with E-state index in [0.717, 1.165) is 23.2 Å². The Labute approximate surface area is 118 Å². The van der Waals surface area contributed by atoms with Crippen molar-refractivity contribution in [2.24, 2.45) is 5.73 Å². The van der Waals surface area contributed by atoms with Crippen molar-refractivity contribution in [3.63, 3.8) is 0 Å². The molecule has 0 aromatic heterocycles. The fourth-order valence-corrected chi connectivity index (χ4v) is 2.71. The van der Waals surface area contributed by atoms with Gasteiger partial charge in [-0.3, -0.25) is 0 Å². The molecule has 1 aromatic carbocycles. The van der Waals surface area contributed by atoms with Gasteiger partial charge in [-0.15, -0.1) is 0 Å². The lowest BCUT2D eigenvalue weighted by Gasteiger charge is -2.31. The number of methoxy groups -OCH3 is 1. The van der Waals surface area contributed by atoms with Gasteiger partial charge in [-0.1, -0.05) is 6.07 Å². The van der Waals surface area contributed by atoms with E-state index in [4.69, 9.17) is 10.5 Å². The van der Waals surface area contributed by atoms with E-state index in [2.05, 4.69) is 52.9 Å². The molecule has 0 heterocycles. The van der Waals surface area contributed by atoms with E-state index in [9.17, 15) is 0 Å². The summed E-state index contributed by atoms with van der Waals surface area (Å²) in [6.07, 6.45) is 0. The first-order chi connectivity index (χ1) is 8.51. The number of halogens is 1. The van der Waals surface area contributed by atoms with Gasteiger partial charge in [0.2, 0.25) is 0 Å². The van der Waals surface area contributed by atoms with Crippen LogP contribution in [0.5, 0.6) is 0 Å². The zero-order valence-electron chi connectivity index (χ0n) is 11.6. The van der Waals surface area contributed by atoms with Crippen LogP contribution in [0.25, 0.3) is 0 Å². The van der Waals surface area contributed by atoms with Gasteiger partial charge in [-0.2, -0.15) is 0 Å². The molecule has 2 N–H and O–H groups in total. The number of hydrogen-bond donors (Lipinski definition) is 1. The van der Waals surface area contributed by atoms with Gasteiger partial charge < -0.3 is 15.4 Å². The largest absolute Gasteiger partial charge is 0.383 e. The fraction of sp³-hybridized carbons (Fsp3) is 0.571. The van der Waals surface area contributed by atoms with Crippen molar-refractivity contribution in [3.05, 3.63) is 28.2 Å². The van der Waals surface area contributed by atoms with Crippen molar-refractivity contribution in [1.29, 1.82) is 0 Å². The van der Waals surface area contributed by atoms with Crippen molar-refractivity contribution in [3.8, 4) is 0 Å². The van der Waals surface area contributed by atoms with E-state index >= 15 is 0 Å². The fourth-order valence-electron chi connectivity index (χ4n) is 2.09. The molecule has 4 heteroatoms. The summed E-state index contributed by atoms with van der Waals surface area (Å²) < 4.78 is 6.32. The van der Waals surface area contributed by atoms with Crippen LogP contribution in [0.4, 0.5) is 5.69 Å². The average Bonchev–Trinajstić information content (AvgIpc) is 2.32. The highest BCUT2D eigenvalue weighted by atomic mass is 79.9. The molecule has 1 unspecified atom stereocenters. The van der Waals surface area contributed by atoms with Crippen molar-refractivity contribution < 1.29 is 4.74 Å². The maximum atomic E-state index is 5.89. The minimum absolute atomic E-state index is 0.0572. The van der Waals surface area contributed by atoms with Crippen LogP contribution in [0.2, 0.25) is 0 Å². The highest BCUT2D eigenvalue weighted by Gasteiger charge is 2.15. The van der Waals surface area contributed by atoms with E-state index < -0.39 is 0 Å². The summed E-state index contributed by atoms with van der Waals surface area (Å²) in [5.74, 6) is 0. The third kappa shape index (κ3) is 3.70. The summed E-state index contributed by atoms with van der Waals surface area (Å²) in [7, 11) is 1.73. The van der Waals surface area contributed by atoms with Gasteiger partial charge in [0.15, 0.2) is 0 Å². The van der Waals surface area contributed by atoms with E-state index in [-0.39, 0.29) is 6.04 Å². The van der Waals surface area contributed by atoms with Crippen LogP contribution in [0.15, 0.2) is 22.7 Å². The number of nitrogens with zero attached hydrogens (tertiary/aromatic N) is 1. The molecule has 0 spiro atoms. The lowest BCUT2D eigenvalue weighted by Crippen LogP contribution is -2.36. The predicted molar refractivity (Wildman–Crippen MR) is 81.1 cm³/mol. The molecular formula is C14H23BrN2O. The molecule has 0 amide bonds. The Kier molecular flexibility index (Phi) is 6.12. The Balaban J connectivity index is 2.99. The molecule has 0 bridgehead atoms. The highest BCUT2D eigenvalue weighted by Crippen LogP contribution is 2.30. The maximum Gasteiger partial charge on any atom is 0.0663 e. The lowest BCUT2D eigenvalue weighted by atomic mass is 10.1. The van der Waals surface area contributed by atoms with Crippen molar-refractivity contribution in [2.75, 3.05) is 25.2 Å². The first kappa shape index (κ1) is 15.5. The van der Waals surface area contributed by atoms with Crippen molar-refractivity contribution >= 4 is 21.6 Å². The summed E-state index contributed by atoms with van der Waals surface area (Å²) >= 11 is 3.64. The Morgan fingerprint density at radius 2 is 2.06 bits per heavy atom. The van der Waals surface area contributed by atoms with Crippen LogP contribution in [0.3, 0.4) is 0 Å². The summed E-state index contributed by atoms with van der Waals surface area (Å²) in [6.45, 7) is 7.97. The molecule has 1 rings (SSSR count). The average molecular weight is 315 g/mol. The quantitative estimate of drug-likeness (QED) is 0.875. The maximum absolute atomic E-state index is 5.89. The summed E-state index contributed by atoms with van der Waals surface area (Å²) in [5, 5.41) is 0. The second-order valence-electron chi connectivity index (χ2n) is 4.59. The predicted octanol–water partition coefficient (Wildman–Crippen LogP) is 3.33. The second-order valence-corrected chi connectivity index (χ2v) is 5.44. The van der Waals surface area contributed by atoms with Crippen LogP contribution in [0.1, 0.15) is 32.4 Å². The molecule has 1 aromatic rings. The monoisotopic (exact) mass is 314 g/mol. The van der Waals surface area contributed by atoms with Crippen molar-refractivity contribution in [1.82, 2.24) is 0 Å². The standard InChI is InChI=1S/C14H23BrN2O/c1-5-17(10(2)9-18-4)14-7-6-12(11(3)16)8-13(14)15/h6-8,10-11H,5,9,16H2,1-4H3/t10?,11-/m1/s1. The highest BCUT2D eigenvalue weighted by molar-refractivity contribution is 9.10. The molecule has 0 fully saturated rings. The Morgan fingerprint density at radius 1 is 1.39 bits per heavy atom. The van der Waals surface area contributed by atoms with Crippen LogP contribution in [-0.4, -0.2) is 26.3 Å². The molecule has 0 aliphatic rings. The van der Waals surface area contributed by atoms with E-state index in [1.165, 1.54) is 5.69 Å². The number of benzene rings is 1. The molecule has 0 saturated carbocycles. The van der Waals surface area contributed by atoms with Crippen LogP contribution in [0, 0.1) is 0 Å². The lowest BCUT2D eigenvalue weighted by molar-refractivity contribution is 0.182. The van der Waals surface area contributed by atoms with Crippen LogP contribution >= 0.6 is 15.9 Å². The minimum atomic E-state index is 0.0572. The van der Waals surface area contributed by atoms with Gasteiger partial charge >= 0.3 is 0 Å². The summed E-state index contributed by atoms with van der Waals surface area (Å²) in [4.78, 5) is 2.32. The number of likely N-dealkylation sites (N-methyl/N-ethyl adjacent to an activating group) is 1. The van der Waals surface area contributed by atoms with Gasteiger partial charge in [-0.05, 0) is 54.4 Å².